The molecular formula is C18H36BN2O4S. The maximum Gasteiger partial charge on any atom is 0.323 e. The molecule has 0 bridgehead atoms. The van der Waals surface area contributed by atoms with E-state index in [9.17, 15) is 14.7 Å². The monoisotopic (exact) mass is 387 g/mol. The molecule has 1 rings (SSSR count). The molecule has 1 saturated carbocycles. The second kappa shape index (κ2) is 10.6. The highest BCUT2D eigenvalue weighted by Gasteiger charge is 2.45. The number of nitrogens with one attached hydrogen (secondary N) is 1. The topological polar surface area (TPSA) is 102 Å². The number of nitrogens with two attached hydrogens (primary N) is 1. The van der Waals surface area contributed by atoms with Crippen LogP contribution in [-0.4, -0.2) is 47.4 Å². The second-order valence-electron chi connectivity index (χ2n) is 8.03. The van der Waals surface area contributed by atoms with Gasteiger partial charge in [-0.15, -0.1) is 0 Å². The lowest BCUT2D eigenvalue weighted by Gasteiger charge is -2.38. The zero-order valence-electron chi connectivity index (χ0n) is 17.1. The Morgan fingerprint density at radius 2 is 1.92 bits per heavy atom. The van der Waals surface area contributed by atoms with Crippen LogP contribution in [0.2, 0.25) is 6.32 Å². The van der Waals surface area contributed by atoms with Gasteiger partial charge in [0.05, 0.1) is 5.60 Å². The zero-order valence-corrected chi connectivity index (χ0v) is 18.0. The molecule has 0 heterocycles. The van der Waals surface area contributed by atoms with E-state index in [0.29, 0.717) is 6.42 Å². The van der Waals surface area contributed by atoms with Gasteiger partial charge in [0.2, 0.25) is 5.91 Å². The Morgan fingerprint density at radius 3 is 2.35 bits per heavy atom. The fourth-order valence-electron chi connectivity index (χ4n) is 2.65. The van der Waals surface area contributed by atoms with Crippen LogP contribution in [0.3, 0.4) is 0 Å². The van der Waals surface area contributed by atoms with Crippen LogP contribution in [0.25, 0.3) is 0 Å². The molecule has 8 heteroatoms. The van der Waals surface area contributed by atoms with Gasteiger partial charge in [-0.3, -0.25) is 9.59 Å². The Morgan fingerprint density at radius 1 is 1.38 bits per heavy atom. The number of aliphatic carboxylic acids is 1. The van der Waals surface area contributed by atoms with Gasteiger partial charge in [-0.2, -0.15) is 12.6 Å². The Bertz CT molecular complexity index is 469. The largest absolute Gasteiger partial charge is 0.480 e. The fraction of sp³-hybridized carbons (Fsp3) is 0.889. The van der Waals surface area contributed by atoms with Gasteiger partial charge in [0.15, 0.2) is 0 Å². The van der Waals surface area contributed by atoms with Crippen molar-refractivity contribution in [3.05, 3.63) is 0 Å². The van der Waals surface area contributed by atoms with E-state index in [0.717, 1.165) is 32.0 Å². The number of amides is 1. The Kier molecular flexibility index (Phi) is 10.3. The summed E-state index contributed by atoms with van der Waals surface area (Å²) in [6, 6.07) is 0. The van der Waals surface area contributed by atoms with Crippen molar-refractivity contribution < 1.29 is 19.3 Å². The maximum atomic E-state index is 11.3. The van der Waals surface area contributed by atoms with E-state index < -0.39 is 11.5 Å². The van der Waals surface area contributed by atoms with Gasteiger partial charge in [-0.25, -0.2) is 0 Å². The van der Waals surface area contributed by atoms with Gasteiger partial charge in [0.25, 0.3) is 7.48 Å². The average Bonchev–Trinajstić information content (AvgIpc) is 2.89. The van der Waals surface area contributed by atoms with Gasteiger partial charge in [0, 0.05) is 18.7 Å². The highest BCUT2D eigenvalue weighted by atomic mass is 32.1. The maximum absolute atomic E-state index is 11.3. The molecule has 6 nitrogen and oxygen atoms in total. The van der Waals surface area contributed by atoms with Crippen LogP contribution in [0, 0.1) is 5.92 Å². The van der Waals surface area contributed by atoms with E-state index >= 15 is 0 Å². The summed E-state index contributed by atoms with van der Waals surface area (Å²) in [6.45, 7) is 9.56. The number of carbonyl (C=O) groups excluding carboxylic acids is 1. The molecule has 0 saturated heterocycles. The van der Waals surface area contributed by atoms with Crippen molar-refractivity contribution in [1.29, 1.82) is 0 Å². The van der Waals surface area contributed by atoms with Crippen LogP contribution in [0.5, 0.6) is 0 Å². The quantitative estimate of drug-likeness (QED) is 0.291. The molecule has 4 N–H and O–H groups in total. The summed E-state index contributed by atoms with van der Waals surface area (Å²) in [7, 11) is 3.42. The summed E-state index contributed by atoms with van der Waals surface area (Å²) in [6.07, 6.45) is 4.97. The molecule has 0 spiro atoms. The fourth-order valence-corrected chi connectivity index (χ4v) is 2.70. The van der Waals surface area contributed by atoms with Crippen molar-refractivity contribution in [3.8, 4) is 0 Å². The summed E-state index contributed by atoms with van der Waals surface area (Å²) in [5.74, 6) is -0.772. The summed E-state index contributed by atoms with van der Waals surface area (Å²) in [5, 5.41) is 11.7. The van der Waals surface area contributed by atoms with Gasteiger partial charge in [-0.1, -0.05) is 19.2 Å². The molecule has 1 aliphatic rings. The average molecular weight is 387 g/mol. The van der Waals surface area contributed by atoms with Crippen molar-refractivity contribution in [2.45, 2.75) is 88.9 Å². The van der Waals surface area contributed by atoms with Crippen molar-refractivity contribution in [2.75, 3.05) is 7.05 Å². The lowest BCUT2D eigenvalue weighted by Crippen LogP contribution is -2.50. The van der Waals surface area contributed by atoms with Crippen LogP contribution >= 0.6 is 12.6 Å². The lowest BCUT2D eigenvalue weighted by molar-refractivity contribution is -0.144. The van der Waals surface area contributed by atoms with E-state index in [-0.39, 0.29) is 22.2 Å². The number of carbonyl (C=O) groups is 2. The minimum atomic E-state index is -1.02. The summed E-state index contributed by atoms with van der Waals surface area (Å²) in [5.41, 5.74) is 4.67. The predicted octanol–water partition coefficient (Wildman–Crippen LogP) is 2.64. The van der Waals surface area contributed by atoms with E-state index in [1.165, 1.54) is 6.92 Å². The van der Waals surface area contributed by atoms with Crippen LogP contribution in [0.15, 0.2) is 0 Å². The van der Waals surface area contributed by atoms with Gasteiger partial charge in [0.1, 0.15) is 5.54 Å². The minimum Gasteiger partial charge on any atom is -0.480 e. The van der Waals surface area contributed by atoms with Gasteiger partial charge >= 0.3 is 5.97 Å². The number of rotatable bonds is 8. The third-order valence-electron chi connectivity index (χ3n) is 5.35. The molecular weight excluding hydrogens is 351 g/mol. The van der Waals surface area contributed by atoms with E-state index in [1.54, 1.807) is 7.05 Å². The van der Waals surface area contributed by atoms with Crippen LogP contribution < -0.4 is 11.1 Å². The number of carboxylic acids is 1. The molecule has 0 aromatic carbocycles. The first-order chi connectivity index (χ1) is 11.8. The Labute approximate surface area is 164 Å². The minimum absolute atomic E-state index is 0.00463. The Hall–Kier alpha value is -0.725. The molecule has 1 aliphatic carbocycles. The SMILES string of the molecule is CC(C)(S)C(C)(C)O[B]CCCC1CCC[C@@]1(N)C(=O)O.CNC(C)=O. The van der Waals surface area contributed by atoms with E-state index in [4.69, 9.17) is 10.4 Å². The first-order valence-electron chi connectivity index (χ1n) is 9.20. The predicted molar refractivity (Wildman–Crippen MR) is 110 cm³/mol. The third-order valence-corrected chi connectivity index (χ3v) is 5.89. The molecule has 1 radical (unpaired) electrons. The molecule has 2 atom stereocenters. The second-order valence-corrected chi connectivity index (χ2v) is 9.14. The normalized spacial score (nSPS) is 23.0. The first-order valence-corrected chi connectivity index (χ1v) is 9.65. The number of hydrogen-bond donors (Lipinski definition) is 4. The summed E-state index contributed by atoms with van der Waals surface area (Å²) < 4.78 is 5.58. The molecule has 1 fully saturated rings. The van der Waals surface area contributed by atoms with E-state index in [1.807, 2.05) is 35.2 Å². The molecule has 0 aliphatic heterocycles. The van der Waals surface area contributed by atoms with Crippen LogP contribution in [0.4, 0.5) is 0 Å². The van der Waals surface area contributed by atoms with Crippen molar-refractivity contribution in [3.63, 3.8) is 0 Å². The third kappa shape index (κ3) is 7.88. The van der Waals surface area contributed by atoms with Crippen molar-refractivity contribution >= 4 is 32.0 Å². The Balaban J connectivity index is 0.00000110. The molecule has 151 valence electrons. The smallest absolute Gasteiger partial charge is 0.323 e. The van der Waals surface area contributed by atoms with Crippen LogP contribution in [-0.2, 0) is 14.2 Å². The number of thiol groups is 1. The standard InChI is InChI=1S/C15H29BNO3S.C3H7NO/c1-13(2,14(3,4)21)20-16-10-6-8-11-7-5-9-15(11,17)12(18)19;1-3(5)4-2/h11,21H,5-10,17H2,1-4H3,(H,18,19);1-2H3,(H,4,5)/t11?,15-;/m0./s1. The molecule has 1 unspecified atom stereocenters. The number of carboxylic acid groups (broad SMARTS) is 1. The molecule has 1 amide bonds. The summed E-state index contributed by atoms with van der Waals surface area (Å²) >= 11 is 4.55. The van der Waals surface area contributed by atoms with Crippen molar-refractivity contribution in [1.82, 2.24) is 5.32 Å². The highest BCUT2D eigenvalue weighted by molar-refractivity contribution is 7.81. The molecule has 26 heavy (non-hydrogen) atoms. The summed E-state index contributed by atoms with van der Waals surface area (Å²) in [4.78, 5) is 21.0. The van der Waals surface area contributed by atoms with Gasteiger partial charge < -0.3 is 20.8 Å². The van der Waals surface area contributed by atoms with Crippen LogP contribution in [0.1, 0.15) is 66.7 Å². The molecule has 0 aromatic rings. The lowest BCUT2D eigenvalue weighted by atomic mass is 9.80. The first kappa shape index (κ1) is 25.3. The zero-order chi connectivity index (χ0) is 20.6. The van der Waals surface area contributed by atoms with E-state index in [2.05, 4.69) is 17.9 Å². The highest BCUT2D eigenvalue weighted by Crippen LogP contribution is 2.37. The number of hydrogen-bond acceptors (Lipinski definition) is 5. The molecule has 0 aromatic heterocycles. The van der Waals surface area contributed by atoms with Gasteiger partial charge in [-0.05, 0) is 52.9 Å². The van der Waals surface area contributed by atoms with Crippen molar-refractivity contribution in [2.24, 2.45) is 11.7 Å².